The lowest BCUT2D eigenvalue weighted by molar-refractivity contribution is 0.0954. The molecule has 74 valence electrons. The molecular formula is C8H10N4O2. The fourth-order valence-corrected chi connectivity index (χ4v) is 1.01. The van der Waals surface area contributed by atoms with E-state index in [9.17, 15) is 9.59 Å². The van der Waals surface area contributed by atoms with Crippen LogP contribution in [0.4, 0.5) is 5.69 Å². The van der Waals surface area contributed by atoms with Crippen LogP contribution in [0.1, 0.15) is 10.4 Å². The molecule has 1 aromatic carbocycles. The predicted octanol–water partition coefficient (Wildman–Crippen LogP) is -1.06. The molecule has 0 bridgehead atoms. The summed E-state index contributed by atoms with van der Waals surface area (Å²) in [7, 11) is 0. The number of nitrogens with two attached hydrogens (primary N) is 2. The zero-order chi connectivity index (χ0) is 10.6. The van der Waals surface area contributed by atoms with Crippen molar-refractivity contribution >= 4 is 11.6 Å². The van der Waals surface area contributed by atoms with E-state index in [-0.39, 0.29) is 16.7 Å². The first-order valence-corrected chi connectivity index (χ1v) is 3.81. The Morgan fingerprint density at radius 2 is 1.86 bits per heavy atom. The average Bonchev–Trinajstić information content (AvgIpc) is 2.38. The highest BCUT2D eigenvalue weighted by Gasteiger charge is 2.10. The highest BCUT2D eigenvalue weighted by Crippen LogP contribution is 2.06. The summed E-state index contributed by atoms with van der Waals surface area (Å²) in [5.74, 6) is 9.50. The lowest BCUT2D eigenvalue weighted by Crippen LogP contribution is -2.32. The second-order valence-electron chi connectivity index (χ2n) is 2.49. The van der Waals surface area contributed by atoms with Gasteiger partial charge in [-0.25, -0.2) is 5.84 Å². The van der Waals surface area contributed by atoms with Gasteiger partial charge in [0, 0.05) is 0 Å². The normalized spacial score (nSPS) is 9.29. The summed E-state index contributed by atoms with van der Waals surface area (Å²) in [6.45, 7) is 0. The maximum atomic E-state index is 11.3. The fraction of sp³-hybridized carbons (Fsp3) is 0. The van der Waals surface area contributed by atoms with Crippen LogP contribution in [0.5, 0.6) is 0 Å². The Balaban J connectivity index is 3.43. The van der Waals surface area contributed by atoms with E-state index >= 15 is 0 Å². The Kier molecular flexibility index (Phi) is 3.16. The third-order valence-electron chi connectivity index (χ3n) is 1.66. The van der Waals surface area contributed by atoms with Crippen LogP contribution < -0.4 is 28.0 Å². The standard InChI is InChI=1S/C8H10N4O2/c9-11-7-5(8(14)12-10)3-1-2-4-6(7)13/h1-4H,9-10H2,(H,11,13)(H,12,14). The van der Waals surface area contributed by atoms with Crippen LogP contribution in [-0.2, 0) is 0 Å². The summed E-state index contributed by atoms with van der Waals surface area (Å²) >= 11 is 0. The number of carbonyl (C=O) groups excluding carboxylic acids is 1. The predicted molar refractivity (Wildman–Crippen MR) is 52.2 cm³/mol. The van der Waals surface area contributed by atoms with Crippen LogP contribution in [0.3, 0.4) is 0 Å². The zero-order valence-corrected chi connectivity index (χ0v) is 7.28. The van der Waals surface area contributed by atoms with Gasteiger partial charge in [-0.1, -0.05) is 12.1 Å². The first kappa shape index (κ1) is 10.2. The lowest BCUT2D eigenvalue weighted by Gasteiger charge is -2.02. The van der Waals surface area contributed by atoms with Gasteiger partial charge in [-0.15, -0.1) is 0 Å². The van der Waals surface area contributed by atoms with Crippen molar-refractivity contribution in [3.8, 4) is 0 Å². The minimum absolute atomic E-state index is 0.0120. The molecule has 0 saturated carbocycles. The maximum Gasteiger partial charge on any atom is 0.267 e. The van der Waals surface area contributed by atoms with E-state index in [4.69, 9.17) is 11.7 Å². The van der Waals surface area contributed by atoms with Crippen LogP contribution in [0.25, 0.3) is 0 Å². The number of nitrogens with one attached hydrogen (secondary N) is 2. The van der Waals surface area contributed by atoms with E-state index in [1.54, 1.807) is 6.07 Å². The molecule has 0 saturated heterocycles. The maximum absolute atomic E-state index is 11.3. The van der Waals surface area contributed by atoms with Gasteiger partial charge < -0.3 is 5.43 Å². The van der Waals surface area contributed by atoms with Crippen molar-refractivity contribution in [3.63, 3.8) is 0 Å². The van der Waals surface area contributed by atoms with E-state index in [1.807, 2.05) is 5.43 Å². The van der Waals surface area contributed by atoms with Gasteiger partial charge in [-0.2, -0.15) is 0 Å². The fourth-order valence-electron chi connectivity index (χ4n) is 1.01. The van der Waals surface area contributed by atoms with E-state index in [0.29, 0.717) is 0 Å². The molecule has 0 aliphatic heterocycles. The monoisotopic (exact) mass is 194 g/mol. The Morgan fingerprint density at radius 1 is 1.21 bits per heavy atom. The molecule has 0 unspecified atom stereocenters. The molecule has 0 radical (unpaired) electrons. The number of carbonyl (C=O) groups is 1. The van der Waals surface area contributed by atoms with Gasteiger partial charge in [0.1, 0.15) is 5.69 Å². The molecule has 0 spiro atoms. The van der Waals surface area contributed by atoms with Gasteiger partial charge in [0.25, 0.3) is 5.91 Å². The van der Waals surface area contributed by atoms with Crippen molar-refractivity contribution in [2.45, 2.75) is 0 Å². The van der Waals surface area contributed by atoms with Crippen LogP contribution in [0, 0.1) is 0 Å². The zero-order valence-electron chi connectivity index (χ0n) is 7.28. The molecule has 0 aliphatic rings. The van der Waals surface area contributed by atoms with Crippen molar-refractivity contribution in [1.82, 2.24) is 5.43 Å². The number of hydrazine groups is 2. The molecule has 0 aromatic heterocycles. The highest BCUT2D eigenvalue weighted by molar-refractivity contribution is 5.98. The first-order chi connectivity index (χ1) is 6.70. The SMILES string of the molecule is NNC(=O)c1ccccc(=O)c1NN. The minimum atomic E-state index is -0.578. The summed E-state index contributed by atoms with van der Waals surface area (Å²) in [6.07, 6.45) is 0. The van der Waals surface area contributed by atoms with E-state index < -0.39 is 5.91 Å². The number of anilines is 1. The minimum Gasteiger partial charge on any atom is -0.320 e. The van der Waals surface area contributed by atoms with Crippen molar-refractivity contribution in [1.29, 1.82) is 0 Å². The molecule has 6 N–H and O–H groups in total. The topological polar surface area (TPSA) is 110 Å². The van der Waals surface area contributed by atoms with Gasteiger partial charge in [0.05, 0.1) is 5.56 Å². The summed E-state index contributed by atoms with van der Waals surface area (Å²) in [4.78, 5) is 22.5. The van der Waals surface area contributed by atoms with Gasteiger partial charge >= 0.3 is 0 Å². The molecule has 1 aromatic rings. The van der Waals surface area contributed by atoms with Crippen LogP contribution >= 0.6 is 0 Å². The van der Waals surface area contributed by atoms with Gasteiger partial charge in [0.15, 0.2) is 0 Å². The third kappa shape index (κ3) is 1.87. The molecule has 6 heteroatoms. The van der Waals surface area contributed by atoms with Gasteiger partial charge in [0.2, 0.25) is 5.43 Å². The molecule has 1 rings (SSSR count). The molecular weight excluding hydrogens is 184 g/mol. The van der Waals surface area contributed by atoms with Crippen LogP contribution in [-0.4, -0.2) is 5.91 Å². The van der Waals surface area contributed by atoms with Gasteiger partial charge in [-0.3, -0.25) is 20.9 Å². The number of rotatable bonds is 2. The molecule has 14 heavy (non-hydrogen) atoms. The molecule has 1 amide bonds. The van der Waals surface area contributed by atoms with Crippen molar-refractivity contribution in [3.05, 3.63) is 40.1 Å². The summed E-state index contributed by atoms with van der Waals surface area (Å²) in [5, 5.41) is 0. The average molecular weight is 194 g/mol. The first-order valence-electron chi connectivity index (χ1n) is 3.81. The van der Waals surface area contributed by atoms with Crippen LogP contribution in [0.2, 0.25) is 0 Å². The largest absolute Gasteiger partial charge is 0.320 e. The highest BCUT2D eigenvalue weighted by atomic mass is 16.2. The van der Waals surface area contributed by atoms with Crippen LogP contribution in [0.15, 0.2) is 29.1 Å². The Labute approximate surface area is 79.8 Å². The lowest BCUT2D eigenvalue weighted by atomic mass is 10.2. The van der Waals surface area contributed by atoms with Gasteiger partial charge in [-0.05, 0) is 12.1 Å². The second kappa shape index (κ2) is 4.35. The quantitative estimate of drug-likeness (QED) is 0.272. The molecule has 6 nitrogen and oxygen atoms in total. The summed E-state index contributed by atoms with van der Waals surface area (Å²) < 4.78 is 0. The third-order valence-corrected chi connectivity index (χ3v) is 1.66. The number of hydrogen-bond acceptors (Lipinski definition) is 5. The second-order valence-corrected chi connectivity index (χ2v) is 2.49. The smallest absolute Gasteiger partial charge is 0.267 e. The van der Waals surface area contributed by atoms with Crippen molar-refractivity contribution in [2.24, 2.45) is 11.7 Å². The van der Waals surface area contributed by atoms with E-state index in [1.165, 1.54) is 18.2 Å². The molecule has 0 atom stereocenters. The van der Waals surface area contributed by atoms with E-state index in [2.05, 4.69) is 5.43 Å². The summed E-state index contributed by atoms with van der Waals surface area (Å²) in [5.41, 5.74) is 3.83. The molecule has 0 fully saturated rings. The van der Waals surface area contributed by atoms with E-state index in [0.717, 1.165) is 0 Å². The Morgan fingerprint density at radius 3 is 2.43 bits per heavy atom. The summed E-state index contributed by atoms with van der Waals surface area (Å²) in [6, 6.07) is 5.80. The molecule has 0 heterocycles. The Hall–Kier alpha value is -1.92. The number of hydrogen-bond donors (Lipinski definition) is 4. The molecule has 0 aliphatic carbocycles. The van der Waals surface area contributed by atoms with Crippen molar-refractivity contribution < 1.29 is 4.79 Å². The number of amides is 1. The Bertz CT molecular complexity index is 405. The number of nitrogen functional groups attached to an aromatic ring is 2. The van der Waals surface area contributed by atoms with Crippen molar-refractivity contribution in [2.75, 3.05) is 5.43 Å².